The van der Waals surface area contributed by atoms with Gasteiger partial charge in [-0.1, -0.05) is 11.6 Å². The SMILES string of the molecule is Fc1cnc(-c2c[nH]c3ncc(Cl)cc23)nc1NC1CCCN(Cc2cnc[nH]2)C1. The molecular weight excluding hydrogens is 407 g/mol. The van der Waals surface area contributed by atoms with E-state index in [0.717, 1.165) is 49.1 Å². The van der Waals surface area contributed by atoms with Gasteiger partial charge in [0, 0.05) is 54.4 Å². The van der Waals surface area contributed by atoms with Gasteiger partial charge in [0.1, 0.15) is 5.65 Å². The number of anilines is 1. The molecule has 0 saturated carbocycles. The minimum Gasteiger partial charge on any atom is -0.363 e. The lowest BCUT2D eigenvalue weighted by atomic mass is 10.1. The molecule has 0 aromatic carbocycles. The second-order valence-corrected chi connectivity index (χ2v) is 7.87. The van der Waals surface area contributed by atoms with Crippen molar-refractivity contribution in [2.75, 3.05) is 18.4 Å². The smallest absolute Gasteiger partial charge is 0.183 e. The Morgan fingerprint density at radius 2 is 2.17 bits per heavy atom. The van der Waals surface area contributed by atoms with Gasteiger partial charge in [-0.3, -0.25) is 4.90 Å². The third-order valence-electron chi connectivity index (χ3n) is 5.28. The number of piperidine rings is 1. The van der Waals surface area contributed by atoms with Crippen LogP contribution in [0, 0.1) is 5.82 Å². The summed E-state index contributed by atoms with van der Waals surface area (Å²) in [5.74, 6) is 0.150. The van der Waals surface area contributed by atoms with E-state index in [0.29, 0.717) is 16.5 Å². The molecule has 10 heteroatoms. The minimum atomic E-state index is -0.472. The predicted molar refractivity (Wildman–Crippen MR) is 113 cm³/mol. The van der Waals surface area contributed by atoms with Crippen LogP contribution in [0.25, 0.3) is 22.4 Å². The standard InChI is InChI=1S/C20H20ClFN8/c21-12-4-15-16(7-25-18(15)24-5-12)19-26-8-17(22)20(29-19)28-13-2-1-3-30(9-13)10-14-6-23-11-27-14/h4-8,11,13H,1-3,9-10H2,(H,23,27)(H,24,25)(H,26,28,29). The normalized spacial score (nSPS) is 17.5. The number of nitrogens with one attached hydrogen (secondary N) is 3. The van der Waals surface area contributed by atoms with E-state index < -0.39 is 5.82 Å². The Labute approximate surface area is 176 Å². The molecule has 0 aliphatic carbocycles. The first-order valence-electron chi connectivity index (χ1n) is 9.77. The number of halogens is 2. The van der Waals surface area contributed by atoms with E-state index in [1.54, 1.807) is 24.8 Å². The summed E-state index contributed by atoms with van der Waals surface area (Å²) in [5, 5.41) is 4.59. The molecule has 4 aromatic rings. The van der Waals surface area contributed by atoms with Gasteiger partial charge in [0.05, 0.1) is 17.5 Å². The van der Waals surface area contributed by atoms with Gasteiger partial charge in [0.25, 0.3) is 0 Å². The van der Waals surface area contributed by atoms with E-state index in [4.69, 9.17) is 11.6 Å². The van der Waals surface area contributed by atoms with Crippen molar-refractivity contribution in [2.24, 2.45) is 0 Å². The van der Waals surface area contributed by atoms with Crippen molar-refractivity contribution in [3.8, 4) is 11.4 Å². The van der Waals surface area contributed by atoms with Gasteiger partial charge in [-0.15, -0.1) is 0 Å². The van der Waals surface area contributed by atoms with Gasteiger partial charge in [-0.05, 0) is 25.5 Å². The van der Waals surface area contributed by atoms with Crippen LogP contribution in [0.1, 0.15) is 18.5 Å². The average molecular weight is 427 g/mol. The third kappa shape index (κ3) is 3.86. The summed E-state index contributed by atoms with van der Waals surface area (Å²) >= 11 is 6.08. The Balaban J connectivity index is 1.36. The maximum absolute atomic E-state index is 14.5. The molecule has 1 atom stereocenters. The van der Waals surface area contributed by atoms with Gasteiger partial charge >= 0.3 is 0 Å². The molecule has 5 heterocycles. The number of pyridine rings is 1. The number of rotatable bonds is 5. The van der Waals surface area contributed by atoms with Crippen molar-refractivity contribution in [3.63, 3.8) is 0 Å². The molecule has 1 fully saturated rings. The first-order valence-corrected chi connectivity index (χ1v) is 10.1. The maximum Gasteiger partial charge on any atom is 0.183 e. The van der Waals surface area contributed by atoms with E-state index in [-0.39, 0.29) is 11.9 Å². The highest BCUT2D eigenvalue weighted by molar-refractivity contribution is 6.31. The zero-order valence-corrected chi connectivity index (χ0v) is 16.8. The predicted octanol–water partition coefficient (Wildman–Crippen LogP) is 3.61. The number of aromatic amines is 2. The van der Waals surface area contributed by atoms with Crippen LogP contribution in [0.5, 0.6) is 0 Å². The molecule has 1 aliphatic heterocycles. The Bertz CT molecular complexity index is 1160. The fourth-order valence-electron chi connectivity index (χ4n) is 3.88. The Kier molecular flexibility index (Phi) is 5.06. The van der Waals surface area contributed by atoms with Crippen LogP contribution < -0.4 is 5.32 Å². The topological polar surface area (TPSA) is 98.4 Å². The van der Waals surface area contributed by atoms with Gasteiger partial charge in [-0.2, -0.15) is 0 Å². The molecule has 30 heavy (non-hydrogen) atoms. The van der Waals surface area contributed by atoms with Crippen molar-refractivity contribution in [1.82, 2.24) is 34.8 Å². The number of H-pyrrole nitrogens is 2. The highest BCUT2D eigenvalue weighted by atomic mass is 35.5. The fraction of sp³-hybridized carbons (Fsp3) is 0.300. The summed E-state index contributed by atoms with van der Waals surface area (Å²) in [6.07, 6.45) is 10.0. The summed E-state index contributed by atoms with van der Waals surface area (Å²) in [4.78, 5) is 25.5. The largest absolute Gasteiger partial charge is 0.363 e. The number of hydrogen-bond acceptors (Lipinski definition) is 6. The van der Waals surface area contributed by atoms with Crippen molar-refractivity contribution >= 4 is 28.5 Å². The van der Waals surface area contributed by atoms with E-state index >= 15 is 0 Å². The third-order valence-corrected chi connectivity index (χ3v) is 5.48. The number of hydrogen-bond donors (Lipinski definition) is 3. The number of nitrogens with zero attached hydrogens (tertiary/aromatic N) is 5. The van der Waals surface area contributed by atoms with Gasteiger partial charge in [0.15, 0.2) is 17.5 Å². The lowest BCUT2D eigenvalue weighted by molar-refractivity contribution is 0.206. The highest BCUT2D eigenvalue weighted by Crippen LogP contribution is 2.28. The molecule has 0 bridgehead atoms. The molecule has 4 aromatic heterocycles. The van der Waals surface area contributed by atoms with Crippen LogP contribution in [0.15, 0.2) is 37.2 Å². The lowest BCUT2D eigenvalue weighted by Crippen LogP contribution is -2.42. The monoisotopic (exact) mass is 426 g/mol. The molecule has 5 rings (SSSR count). The lowest BCUT2D eigenvalue weighted by Gasteiger charge is -2.33. The summed E-state index contributed by atoms with van der Waals surface area (Å²) in [6, 6.07) is 1.89. The van der Waals surface area contributed by atoms with Crippen molar-refractivity contribution in [3.05, 3.63) is 53.7 Å². The van der Waals surface area contributed by atoms with E-state index in [1.165, 1.54) is 6.20 Å². The molecule has 0 spiro atoms. The van der Waals surface area contributed by atoms with Crippen molar-refractivity contribution in [1.29, 1.82) is 0 Å². The van der Waals surface area contributed by atoms with Gasteiger partial charge in [-0.25, -0.2) is 24.3 Å². The van der Waals surface area contributed by atoms with Crippen LogP contribution in [-0.2, 0) is 6.54 Å². The highest BCUT2D eigenvalue weighted by Gasteiger charge is 2.22. The number of fused-ring (bicyclic) bond motifs is 1. The number of likely N-dealkylation sites (tertiary alicyclic amines) is 1. The number of imidazole rings is 1. The minimum absolute atomic E-state index is 0.0954. The average Bonchev–Trinajstić information content (AvgIpc) is 3.39. The molecule has 154 valence electrons. The molecule has 0 radical (unpaired) electrons. The molecule has 8 nitrogen and oxygen atoms in total. The Morgan fingerprint density at radius 3 is 3.03 bits per heavy atom. The maximum atomic E-state index is 14.5. The van der Waals surface area contributed by atoms with Crippen LogP contribution in [-0.4, -0.2) is 53.9 Å². The molecule has 3 N–H and O–H groups in total. The van der Waals surface area contributed by atoms with Crippen molar-refractivity contribution < 1.29 is 4.39 Å². The second-order valence-electron chi connectivity index (χ2n) is 7.44. The van der Waals surface area contributed by atoms with E-state index in [1.807, 2.05) is 6.20 Å². The van der Waals surface area contributed by atoms with E-state index in [9.17, 15) is 4.39 Å². The molecule has 0 amide bonds. The zero-order valence-electron chi connectivity index (χ0n) is 16.1. The zero-order chi connectivity index (χ0) is 20.5. The second kappa shape index (κ2) is 8.00. The van der Waals surface area contributed by atoms with Crippen LogP contribution in [0.4, 0.5) is 10.2 Å². The molecule has 1 aliphatic rings. The summed E-state index contributed by atoms with van der Waals surface area (Å²) < 4.78 is 14.5. The van der Waals surface area contributed by atoms with E-state index in [2.05, 4.69) is 40.1 Å². The first kappa shape index (κ1) is 19.0. The van der Waals surface area contributed by atoms with Gasteiger partial charge < -0.3 is 15.3 Å². The molecular formula is C20H20ClFN8. The number of aromatic nitrogens is 6. The summed E-state index contributed by atoms with van der Waals surface area (Å²) in [7, 11) is 0. The fourth-order valence-corrected chi connectivity index (χ4v) is 4.04. The molecule has 1 saturated heterocycles. The first-order chi connectivity index (χ1) is 14.7. The van der Waals surface area contributed by atoms with Crippen molar-refractivity contribution in [2.45, 2.75) is 25.4 Å². The Morgan fingerprint density at radius 1 is 1.23 bits per heavy atom. The molecule has 1 unspecified atom stereocenters. The summed E-state index contributed by atoms with van der Waals surface area (Å²) in [6.45, 7) is 2.58. The van der Waals surface area contributed by atoms with Crippen LogP contribution in [0.2, 0.25) is 5.02 Å². The Hall–Kier alpha value is -3.04. The van der Waals surface area contributed by atoms with Gasteiger partial charge in [0.2, 0.25) is 0 Å². The quantitative estimate of drug-likeness (QED) is 0.451. The van der Waals surface area contributed by atoms with Crippen LogP contribution in [0.3, 0.4) is 0 Å². The van der Waals surface area contributed by atoms with Crippen LogP contribution >= 0.6 is 11.6 Å². The summed E-state index contributed by atoms with van der Waals surface area (Å²) in [5.41, 5.74) is 2.48.